The molecule has 0 fully saturated rings. The van der Waals surface area contributed by atoms with E-state index in [2.05, 4.69) is 51.3 Å². The quantitative estimate of drug-likeness (QED) is 0.715. The van der Waals surface area contributed by atoms with Gasteiger partial charge in [-0.3, -0.25) is 9.88 Å². The molecule has 0 amide bonds. The summed E-state index contributed by atoms with van der Waals surface area (Å²) in [6, 6.07) is 16.5. The van der Waals surface area contributed by atoms with Crippen molar-refractivity contribution in [2.75, 3.05) is 12.4 Å². The molecule has 0 bridgehead atoms. The van der Waals surface area contributed by atoms with E-state index in [1.165, 1.54) is 5.56 Å². The SMILES string of the molecule is C[C@H](c1ccccn1)N(C)Cc1cnc(NCc2ccccc2)nc1. The average molecular weight is 333 g/mol. The minimum Gasteiger partial charge on any atom is -0.350 e. The number of benzene rings is 1. The van der Waals surface area contributed by atoms with Crippen molar-refractivity contribution >= 4 is 5.95 Å². The number of nitrogens with one attached hydrogen (secondary N) is 1. The average Bonchev–Trinajstić information content (AvgIpc) is 2.68. The molecule has 0 aliphatic carbocycles. The van der Waals surface area contributed by atoms with Gasteiger partial charge in [-0.15, -0.1) is 0 Å². The first kappa shape index (κ1) is 17.0. The number of nitrogens with zero attached hydrogens (tertiary/aromatic N) is 4. The Morgan fingerprint density at radius 1 is 0.920 bits per heavy atom. The van der Waals surface area contributed by atoms with Crippen LogP contribution < -0.4 is 5.32 Å². The molecule has 3 rings (SSSR count). The minimum atomic E-state index is 0.233. The van der Waals surface area contributed by atoms with Crippen molar-refractivity contribution in [2.24, 2.45) is 0 Å². The molecule has 0 aliphatic rings. The maximum absolute atomic E-state index is 4.43. The lowest BCUT2D eigenvalue weighted by Gasteiger charge is -2.24. The van der Waals surface area contributed by atoms with Crippen molar-refractivity contribution in [3.05, 3.63) is 83.9 Å². The molecule has 0 spiro atoms. The van der Waals surface area contributed by atoms with Crippen molar-refractivity contribution in [1.82, 2.24) is 19.9 Å². The van der Waals surface area contributed by atoms with Gasteiger partial charge in [-0.1, -0.05) is 36.4 Å². The summed E-state index contributed by atoms with van der Waals surface area (Å²) in [5, 5.41) is 3.24. The Bertz CT molecular complexity index is 759. The Kier molecular flexibility index (Phi) is 5.69. The van der Waals surface area contributed by atoms with Gasteiger partial charge in [0.25, 0.3) is 0 Å². The smallest absolute Gasteiger partial charge is 0.222 e. The van der Waals surface area contributed by atoms with Crippen LogP contribution in [0.5, 0.6) is 0 Å². The van der Waals surface area contributed by atoms with Crippen LogP contribution in [-0.2, 0) is 13.1 Å². The fourth-order valence-corrected chi connectivity index (χ4v) is 2.58. The van der Waals surface area contributed by atoms with Gasteiger partial charge in [0.2, 0.25) is 5.95 Å². The lowest BCUT2D eigenvalue weighted by Crippen LogP contribution is -2.22. The van der Waals surface area contributed by atoms with E-state index in [0.717, 1.165) is 24.3 Å². The molecule has 3 aromatic rings. The van der Waals surface area contributed by atoms with Crippen LogP contribution in [0.4, 0.5) is 5.95 Å². The molecule has 1 N–H and O–H groups in total. The highest BCUT2D eigenvalue weighted by atomic mass is 15.1. The van der Waals surface area contributed by atoms with Crippen LogP contribution in [0.1, 0.15) is 29.8 Å². The Balaban J connectivity index is 1.55. The zero-order valence-electron chi connectivity index (χ0n) is 14.6. The summed E-state index contributed by atoms with van der Waals surface area (Å²) in [4.78, 5) is 15.5. The Labute approximate surface area is 148 Å². The van der Waals surface area contributed by atoms with Crippen molar-refractivity contribution in [2.45, 2.75) is 26.1 Å². The first-order valence-corrected chi connectivity index (χ1v) is 8.42. The highest BCUT2D eigenvalue weighted by Gasteiger charge is 2.13. The van der Waals surface area contributed by atoms with E-state index in [9.17, 15) is 0 Å². The normalized spacial score (nSPS) is 12.1. The second-order valence-electron chi connectivity index (χ2n) is 6.10. The largest absolute Gasteiger partial charge is 0.350 e. The van der Waals surface area contributed by atoms with E-state index >= 15 is 0 Å². The third-order valence-electron chi connectivity index (χ3n) is 4.21. The van der Waals surface area contributed by atoms with E-state index in [0.29, 0.717) is 5.95 Å². The van der Waals surface area contributed by atoms with Gasteiger partial charge in [0.05, 0.1) is 5.69 Å². The van der Waals surface area contributed by atoms with Crippen LogP contribution in [0.15, 0.2) is 67.1 Å². The van der Waals surface area contributed by atoms with Crippen LogP contribution in [0.3, 0.4) is 0 Å². The van der Waals surface area contributed by atoms with Gasteiger partial charge in [-0.2, -0.15) is 0 Å². The van der Waals surface area contributed by atoms with Crippen LogP contribution in [0.25, 0.3) is 0 Å². The lowest BCUT2D eigenvalue weighted by atomic mass is 10.2. The van der Waals surface area contributed by atoms with Crippen molar-refractivity contribution in [3.63, 3.8) is 0 Å². The van der Waals surface area contributed by atoms with E-state index in [4.69, 9.17) is 0 Å². The van der Waals surface area contributed by atoms with Crippen molar-refractivity contribution in [3.8, 4) is 0 Å². The summed E-state index contributed by atoms with van der Waals surface area (Å²) in [5.74, 6) is 0.646. The molecule has 25 heavy (non-hydrogen) atoms. The van der Waals surface area contributed by atoms with E-state index < -0.39 is 0 Å². The monoisotopic (exact) mass is 333 g/mol. The molecule has 5 nitrogen and oxygen atoms in total. The molecule has 0 saturated carbocycles. The van der Waals surface area contributed by atoms with Gasteiger partial charge in [0.1, 0.15) is 0 Å². The Morgan fingerprint density at radius 2 is 1.64 bits per heavy atom. The van der Waals surface area contributed by atoms with E-state index in [1.807, 2.05) is 55.0 Å². The van der Waals surface area contributed by atoms with Crippen LogP contribution >= 0.6 is 0 Å². The number of rotatable bonds is 7. The summed E-state index contributed by atoms with van der Waals surface area (Å²) in [5.41, 5.74) is 3.35. The zero-order chi connectivity index (χ0) is 17.5. The Hall–Kier alpha value is -2.79. The van der Waals surface area contributed by atoms with Crippen LogP contribution in [-0.4, -0.2) is 26.9 Å². The molecular formula is C20H23N5. The van der Waals surface area contributed by atoms with Gasteiger partial charge in [-0.25, -0.2) is 9.97 Å². The topological polar surface area (TPSA) is 53.9 Å². The number of aromatic nitrogens is 3. The van der Waals surface area contributed by atoms with Crippen molar-refractivity contribution < 1.29 is 0 Å². The van der Waals surface area contributed by atoms with Crippen LogP contribution in [0.2, 0.25) is 0 Å². The summed E-state index contributed by atoms with van der Waals surface area (Å²) < 4.78 is 0. The first-order chi connectivity index (χ1) is 12.2. The molecule has 128 valence electrons. The second-order valence-corrected chi connectivity index (χ2v) is 6.10. The van der Waals surface area contributed by atoms with Gasteiger partial charge < -0.3 is 5.32 Å². The fourth-order valence-electron chi connectivity index (χ4n) is 2.58. The molecule has 2 heterocycles. The zero-order valence-corrected chi connectivity index (χ0v) is 14.6. The third-order valence-corrected chi connectivity index (χ3v) is 4.21. The van der Waals surface area contributed by atoms with Crippen molar-refractivity contribution in [1.29, 1.82) is 0 Å². The standard InChI is InChI=1S/C20H23N5/c1-16(19-10-6-7-11-21-19)25(2)15-18-13-23-20(24-14-18)22-12-17-8-4-3-5-9-17/h3-11,13-14,16H,12,15H2,1-2H3,(H,22,23,24)/t16-/m1/s1. The molecule has 1 aromatic carbocycles. The highest BCUT2D eigenvalue weighted by Crippen LogP contribution is 2.18. The predicted molar refractivity (Wildman–Crippen MR) is 99.9 cm³/mol. The number of hydrogen-bond acceptors (Lipinski definition) is 5. The highest BCUT2D eigenvalue weighted by molar-refractivity contribution is 5.28. The maximum Gasteiger partial charge on any atom is 0.222 e. The molecule has 2 aromatic heterocycles. The second kappa shape index (κ2) is 8.35. The summed E-state index contributed by atoms with van der Waals surface area (Å²) in [7, 11) is 2.08. The summed E-state index contributed by atoms with van der Waals surface area (Å²) in [6.07, 6.45) is 5.58. The molecule has 0 unspecified atom stereocenters. The minimum absolute atomic E-state index is 0.233. The molecular weight excluding hydrogens is 310 g/mol. The Morgan fingerprint density at radius 3 is 2.32 bits per heavy atom. The summed E-state index contributed by atoms with van der Waals surface area (Å²) >= 11 is 0. The fraction of sp³-hybridized carbons (Fsp3) is 0.250. The van der Waals surface area contributed by atoms with Gasteiger partial charge >= 0.3 is 0 Å². The third kappa shape index (κ3) is 4.84. The maximum atomic E-state index is 4.43. The van der Waals surface area contributed by atoms with Crippen LogP contribution in [0, 0.1) is 0 Å². The van der Waals surface area contributed by atoms with E-state index in [1.54, 1.807) is 0 Å². The van der Waals surface area contributed by atoms with E-state index in [-0.39, 0.29) is 6.04 Å². The first-order valence-electron chi connectivity index (χ1n) is 8.42. The molecule has 5 heteroatoms. The number of anilines is 1. The molecule has 0 radical (unpaired) electrons. The molecule has 0 saturated heterocycles. The van der Waals surface area contributed by atoms with Gasteiger partial charge in [0, 0.05) is 43.3 Å². The number of hydrogen-bond donors (Lipinski definition) is 1. The number of pyridine rings is 1. The molecule has 1 atom stereocenters. The van der Waals surface area contributed by atoms with Gasteiger partial charge in [0.15, 0.2) is 0 Å². The predicted octanol–water partition coefficient (Wildman–Crippen LogP) is 3.68. The summed E-state index contributed by atoms with van der Waals surface area (Å²) in [6.45, 7) is 3.65. The van der Waals surface area contributed by atoms with Gasteiger partial charge in [-0.05, 0) is 31.7 Å². The molecule has 0 aliphatic heterocycles. The lowest BCUT2D eigenvalue weighted by molar-refractivity contribution is 0.248.